The molecule has 3 heterocycles. The van der Waals surface area contributed by atoms with Crippen LogP contribution in [0.25, 0.3) is 0 Å². The minimum absolute atomic E-state index is 0. The Kier molecular flexibility index (Phi) is 11.0. The number of ether oxygens (including phenoxy) is 1. The monoisotopic (exact) mass is 644 g/mol. The van der Waals surface area contributed by atoms with Gasteiger partial charge in [0.25, 0.3) is 5.91 Å². The summed E-state index contributed by atoms with van der Waals surface area (Å²) in [5.74, 6) is -6.51. The second-order valence-corrected chi connectivity index (χ2v) is 10.7. The van der Waals surface area contributed by atoms with Crippen LogP contribution < -0.4 is 16.1 Å². The molecular weight excluding hydrogens is 615 g/mol. The molecule has 1 aromatic rings. The third-order valence-electron chi connectivity index (χ3n) is 6.99. The molecule has 6 N–H and O–H groups in total. The zero-order valence-electron chi connectivity index (χ0n) is 22.9. The summed E-state index contributed by atoms with van der Waals surface area (Å²) in [5, 5.41) is 33.1. The molecule has 6 amide bonds. The molecule has 3 aliphatic rings. The van der Waals surface area contributed by atoms with Gasteiger partial charge in [0, 0.05) is 37.9 Å². The van der Waals surface area contributed by atoms with Crippen LogP contribution in [0.15, 0.2) is 35.5 Å². The van der Waals surface area contributed by atoms with Crippen LogP contribution in [0.4, 0.5) is 4.79 Å². The first kappa shape index (κ1) is 34.8. The number of nitrogens with one attached hydrogen (secondary N) is 3. The average Bonchev–Trinajstić information content (AvgIpc) is 2.98. The first-order chi connectivity index (χ1) is 20.4. The van der Waals surface area contributed by atoms with Crippen LogP contribution in [0.2, 0.25) is 0 Å². The van der Waals surface area contributed by atoms with E-state index >= 15 is 0 Å². The fourth-order valence-electron chi connectivity index (χ4n) is 4.77. The number of fused-ring (bicyclic) bond motifs is 1. The summed E-state index contributed by atoms with van der Waals surface area (Å²) < 4.78 is 4.89. The van der Waals surface area contributed by atoms with Crippen molar-refractivity contribution < 1.29 is 53.7 Å². The number of esters is 1. The first-order valence-corrected chi connectivity index (χ1v) is 13.9. The van der Waals surface area contributed by atoms with Gasteiger partial charge in [-0.25, -0.2) is 9.59 Å². The van der Waals surface area contributed by atoms with E-state index in [-0.39, 0.29) is 71.8 Å². The van der Waals surface area contributed by atoms with Gasteiger partial charge >= 0.3 is 59.3 Å². The Labute approximate surface area is 276 Å². The van der Waals surface area contributed by atoms with Crippen molar-refractivity contribution in [1.82, 2.24) is 30.8 Å². The van der Waals surface area contributed by atoms with E-state index < -0.39 is 71.0 Å². The number of β-lactam (4-membered cyclic amide) rings is 1. The van der Waals surface area contributed by atoms with E-state index in [9.17, 15) is 49.0 Å². The molecule has 0 aromatic heterocycles. The number of hydrogen-bond donors (Lipinski definition) is 6. The Balaban J connectivity index is 0.00000529. The van der Waals surface area contributed by atoms with Crippen molar-refractivity contribution in [3.8, 4) is 5.75 Å². The summed E-state index contributed by atoms with van der Waals surface area (Å²) in [6, 6.07) is 2.31. The molecule has 17 nitrogen and oxygen atoms in total. The molecular formula is C25H29N6NaO11S. The standard InChI is InChI=1S/C25H28N6O11S.Na.H/c1-3-29-8-9-30(20(36)19(29)35)24(40)26-16(13-4-6-15(33)7-5-13)18(34)27-25(28-41)22(39)31-17(21(37)38)14(10-42-12(2)32)11-43-23(25)31;;/h4-7,16,23,28,33,41H,3,8-11H2,1-2H3,(H,26,40)(H,27,34)(H,37,38);;/t16?,23-,25+;;/m1../s1. The summed E-state index contributed by atoms with van der Waals surface area (Å²) in [6.07, 6.45) is 0. The van der Waals surface area contributed by atoms with Crippen molar-refractivity contribution in [3.63, 3.8) is 0 Å². The van der Waals surface area contributed by atoms with Gasteiger partial charge in [-0.3, -0.25) is 33.8 Å². The fourth-order valence-corrected chi connectivity index (χ4v) is 6.16. The van der Waals surface area contributed by atoms with Crippen LogP contribution in [-0.2, 0) is 33.5 Å². The Hall–Kier alpha value is -3.68. The summed E-state index contributed by atoms with van der Waals surface area (Å²) >= 11 is 0.960. The molecule has 19 heteroatoms. The second-order valence-electron chi connectivity index (χ2n) is 9.60. The predicted octanol–water partition coefficient (Wildman–Crippen LogP) is -2.21. The number of likely N-dealkylation sites (N-methyl/N-ethyl adjacent to an activating group) is 1. The van der Waals surface area contributed by atoms with Gasteiger partial charge in [-0.2, -0.15) is 5.48 Å². The van der Waals surface area contributed by atoms with E-state index in [1.807, 2.05) is 0 Å². The van der Waals surface area contributed by atoms with Crippen LogP contribution in [-0.4, -0.2) is 144 Å². The molecule has 3 atom stereocenters. The molecule has 4 rings (SSSR count). The molecule has 2 fully saturated rings. The summed E-state index contributed by atoms with van der Waals surface area (Å²) in [6.45, 7) is 2.58. The molecule has 0 aliphatic carbocycles. The number of carboxylic acid groups (broad SMARTS) is 1. The maximum atomic E-state index is 13.7. The summed E-state index contributed by atoms with van der Waals surface area (Å²) in [5.41, 5.74) is -0.745. The molecule has 44 heavy (non-hydrogen) atoms. The van der Waals surface area contributed by atoms with Crippen molar-refractivity contribution in [1.29, 1.82) is 0 Å². The van der Waals surface area contributed by atoms with Crippen LogP contribution >= 0.6 is 11.8 Å². The quantitative estimate of drug-likeness (QED) is 0.0418. The molecule has 3 aliphatic heterocycles. The van der Waals surface area contributed by atoms with Crippen molar-refractivity contribution in [3.05, 3.63) is 41.1 Å². The van der Waals surface area contributed by atoms with E-state index in [1.165, 1.54) is 29.2 Å². The number of carbonyl (C=O) groups excluding carboxylic acids is 6. The number of urea groups is 1. The van der Waals surface area contributed by atoms with Crippen LogP contribution in [0, 0.1) is 0 Å². The van der Waals surface area contributed by atoms with Gasteiger partial charge in [0.05, 0.1) is 0 Å². The van der Waals surface area contributed by atoms with Gasteiger partial charge in [-0.1, -0.05) is 12.1 Å². The van der Waals surface area contributed by atoms with Gasteiger partial charge in [0.1, 0.15) is 29.5 Å². The Morgan fingerprint density at radius 1 is 1.11 bits per heavy atom. The molecule has 0 bridgehead atoms. The van der Waals surface area contributed by atoms with E-state index in [0.29, 0.717) is 4.90 Å². The van der Waals surface area contributed by atoms with Crippen molar-refractivity contribution in [2.45, 2.75) is 30.9 Å². The van der Waals surface area contributed by atoms with Gasteiger partial charge in [-0.15, -0.1) is 11.8 Å². The van der Waals surface area contributed by atoms with Crippen molar-refractivity contribution in [2.24, 2.45) is 0 Å². The number of piperazine rings is 1. The average molecular weight is 645 g/mol. The zero-order valence-corrected chi connectivity index (χ0v) is 23.7. The number of nitrogens with zero attached hydrogens (tertiary/aromatic N) is 3. The third kappa shape index (κ3) is 6.40. The number of thioether (sulfide) groups is 1. The zero-order chi connectivity index (χ0) is 31.6. The minimum atomic E-state index is -2.24. The molecule has 1 unspecified atom stereocenters. The number of rotatable bonds is 9. The number of carbonyl (C=O) groups is 7. The number of phenolic OH excluding ortho intramolecular Hbond substituents is 1. The number of aliphatic carboxylic acids is 1. The van der Waals surface area contributed by atoms with Crippen LogP contribution in [0.3, 0.4) is 0 Å². The second kappa shape index (κ2) is 14.0. The van der Waals surface area contributed by atoms with E-state index in [1.54, 1.807) is 12.4 Å². The number of aromatic hydroxyl groups is 1. The fraction of sp³-hybridized carbons (Fsp3) is 0.400. The van der Waals surface area contributed by atoms with E-state index in [4.69, 9.17) is 4.74 Å². The number of hydroxylamine groups is 1. The predicted molar refractivity (Wildman–Crippen MR) is 151 cm³/mol. The molecule has 0 saturated carbocycles. The van der Waals surface area contributed by atoms with E-state index in [0.717, 1.165) is 23.6 Å². The van der Waals surface area contributed by atoms with Crippen LogP contribution in [0.5, 0.6) is 5.75 Å². The Morgan fingerprint density at radius 2 is 1.77 bits per heavy atom. The van der Waals surface area contributed by atoms with Gasteiger partial charge in [-0.05, 0) is 24.6 Å². The maximum absolute atomic E-state index is 13.7. The molecule has 0 radical (unpaired) electrons. The molecule has 232 valence electrons. The summed E-state index contributed by atoms with van der Waals surface area (Å²) in [4.78, 5) is 91.0. The number of carboxylic acids is 1. The Bertz CT molecular complexity index is 1420. The first-order valence-electron chi connectivity index (χ1n) is 12.8. The number of phenols is 1. The van der Waals surface area contributed by atoms with Gasteiger partial charge < -0.3 is 35.7 Å². The van der Waals surface area contributed by atoms with Crippen LogP contribution in [0.1, 0.15) is 25.5 Å². The molecule has 2 saturated heterocycles. The number of amides is 6. The SMILES string of the molecule is CCN1CCN(C(=O)NC(C(=O)N[C@]2(NO)C(=O)N3C(C(=O)O)=C(COC(C)=O)CS[C@@H]32)c2ccc(O)cc2)C(=O)C1=O.[NaH]. The number of hydrogen-bond acceptors (Lipinski definition) is 12. The number of benzene rings is 1. The van der Waals surface area contributed by atoms with Crippen molar-refractivity contribution in [2.75, 3.05) is 32.0 Å². The van der Waals surface area contributed by atoms with Gasteiger partial charge in [0.15, 0.2) is 0 Å². The number of imide groups is 1. The topological polar surface area (TPSA) is 235 Å². The summed E-state index contributed by atoms with van der Waals surface area (Å²) in [7, 11) is 0. The molecule has 1 aromatic carbocycles. The van der Waals surface area contributed by atoms with E-state index in [2.05, 4.69) is 10.6 Å². The van der Waals surface area contributed by atoms with Gasteiger partial charge in [0.2, 0.25) is 11.6 Å². The normalized spacial score (nSPS) is 21.9. The molecule has 0 spiro atoms. The Morgan fingerprint density at radius 3 is 2.34 bits per heavy atom. The third-order valence-corrected chi connectivity index (χ3v) is 8.39. The van der Waals surface area contributed by atoms with Crippen molar-refractivity contribution >= 4 is 82.9 Å².